The predicted molar refractivity (Wildman–Crippen MR) is 83.2 cm³/mol. The average molecular weight is 300 g/mol. The second-order valence-electron chi connectivity index (χ2n) is 4.39. The number of hydrogen-bond acceptors (Lipinski definition) is 3. The van der Waals surface area contributed by atoms with Crippen LogP contribution >= 0.6 is 12.4 Å². The van der Waals surface area contributed by atoms with Gasteiger partial charge in [0.05, 0.1) is 11.3 Å². The zero-order valence-corrected chi connectivity index (χ0v) is 12.6. The normalized spacial score (nSPS) is 11.2. The minimum absolute atomic E-state index is 0. The Morgan fingerprint density at radius 1 is 1.30 bits per heavy atom. The van der Waals surface area contributed by atoms with Crippen LogP contribution in [0.3, 0.4) is 0 Å². The van der Waals surface area contributed by atoms with E-state index in [2.05, 4.69) is 10.6 Å². The molecule has 0 aliphatic carbocycles. The van der Waals surface area contributed by atoms with Crippen molar-refractivity contribution in [3.8, 4) is 0 Å². The van der Waals surface area contributed by atoms with Gasteiger partial charge in [0, 0.05) is 19.0 Å². The molecule has 0 aromatic heterocycles. The SMILES string of the molecule is CCC(C)C(=O)Nc1ccccc1C(=O)NCCN.Cl. The maximum Gasteiger partial charge on any atom is 0.253 e. The Labute approximate surface area is 125 Å². The number of carbonyl (C=O) groups is 2. The molecule has 1 rings (SSSR count). The van der Waals surface area contributed by atoms with Gasteiger partial charge in [-0.25, -0.2) is 0 Å². The van der Waals surface area contributed by atoms with Crippen molar-refractivity contribution in [2.24, 2.45) is 11.7 Å². The Bertz CT molecular complexity index is 452. The molecule has 1 aromatic carbocycles. The summed E-state index contributed by atoms with van der Waals surface area (Å²) >= 11 is 0. The van der Waals surface area contributed by atoms with Crippen LogP contribution in [0, 0.1) is 5.92 Å². The molecule has 0 saturated heterocycles. The summed E-state index contributed by atoms with van der Waals surface area (Å²) in [7, 11) is 0. The molecule has 1 atom stereocenters. The summed E-state index contributed by atoms with van der Waals surface area (Å²) in [6, 6.07) is 6.94. The van der Waals surface area contributed by atoms with Gasteiger partial charge in [0.15, 0.2) is 0 Å². The van der Waals surface area contributed by atoms with Gasteiger partial charge in [-0.1, -0.05) is 26.0 Å². The van der Waals surface area contributed by atoms with E-state index in [0.717, 1.165) is 6.42 Å². The lowest BCUT2D eigenvalue weighted by Gasteiger charge is -2.13. The van der Waals surface area contributed by atoms with Crippen LogP contribution in [0.5, 0.6) is 0 Å². The van der Waals surface area contributed by atoms with E-state index in [1.54, 1.807) is 24.3 Å². The predicted octanol–water partition coefficient (Wildman–Crippen LogP) is 1.78. The molecule has 4 N–H and O–H groups in total. The van der Waals surface area contributed by atoms with Gasteiger partial charge in [0.1, 0.15) is 0 Å². The highest BCUT2D eigenvalue weighted by Gasteiger charge is 2.15. The highest BCUT2D eigenvalue weighted by Crippen LogP contribution is 2.16. The summed E-state index contributed by atoms with van der Waals surface area (Å²) in [6.07, 6.45) is 0.757. The zero-order chi connectivity index (χ0) is 14.3. The molecule has 0 aliphatic heterocycles. The Kier molecular flexibility index (Phi) is 8.59. The number of hydrogen-bond donors (Lipinski definition) is 3. The van der Waals surface area contributed by atoms with Crippen LogP contribution in [0.1, 0.15) is 30.6 Å². The molecule has 0 aliphatic rings. The largest absolute Gasteiger partial charge is 0.351 e. The lowest BCUT2D eigenvalue weighted by molar-refractivity contribution is -0.119. The number of amides is 2. The van der Waals surface area contributed by atoms with Crippen molar-refractivity contribution in [3.63, 3.8) is 0 Å². The van der Waals surface area contributed by atoms with E-state index < -0.39 is 0 Å². The van der Waals surface area contributed by atoms with Gasteiger partial charge in [-0.3, -0.25) is 9.59 Å². The third-order valence-electron chi connectivity index (χ3n) is 2.92. The summed E-state index contributed by atoms with van der Waals surface area (Å²) < 4.78 is 0. The van der Waals surface area contributed by atoms with Crippen LogP contribution in [0.25, 0.3) is 0 Å². The molecule has 0 radical (unpaired) electrons. The van der Waals surface area contributed by atoms with E-state index >= 15 is 0 Å². The van der Waals surface area contributed by atoms with Crippen molar-refractivity contribution in [1.29, 1.82) is 0 Å². The van der Waals surface area contributed by atoms with Gasteiger partial charge < -0.3 is 16.4 Å². The van der Waals surface area contributed by atoms with Crippen molar-refractivity contribution in [3.05, 3.63) is 29.8 Å². The maximum absolute atomic E-state index is 11.9. The number of nitrogens with one attached hydrogen (secondary N) is 2. The molecule has 20 heavy (non-hydrogen) atoms. The van der Waals surface area contributed by atoms with E-state index in [1.807, 2.05) is 13.8 Å². The summed E-state index contributed by atoms with van der Waals surface area (Å²) in [5.74, 6) is -0.396. The Morgan fingerprint density at radius 3 is 2.55 bits per heavy atom. The topological polar surface area (TPSA) is 84.2 Å². The van der Waals surface area contributed by atoms with Crippen LogP contribution in [-0.2, 0) is 4.79 Å². The van der Waals surface area contributed by atoms with E-state index in [0.29, 0.717) is 24.3 Å². The van der Waals surface area contributed by atoms with Gasteiger partial charge in [-0.15, -0.1) is 12.4 Å². The number of carbonyl (C=O) groups excluding carboxylic acids is 2. The fourth-order valence-electron chi connectivity index (χ4n) is 1.51. The second-order valence-corrected chi connectivity index (χ2v) is 4.39. The van der Waals surface area contributed by atoms with Crippen LogP contribution in [0.15, 0.2) is 24.3 Å². The number of nitrogens with two attached hydrogens (primary N) is 1. The zero-order valence-electron chi connectivity index (χ0n) is 11.8. The van der Waals surface area contributed by atoms with Gasteiger partial charge in [-0.2, -0.15) is 0 Å². The highest BCUT2D eigenvalue weighted by atomic mass is 35.5. The summed E-state index contributed by atoms with van der Waals surface area (Å²) in [4.78, 5) is 23.8. The first-order chi connectivity index (χ1) is 9.10. The lowest BCUT2D eigenvalue weighted by Crippen LogP contribution is -2.30. The first-order valence-electron chi connectivity index (χ1n) is 6.48. The number of para-hydroxylation sites is 1. The number of anilines is 1. The molecule has 112 valence electrons. The molecular formula is C14H22ClN3O2. The first-order valence-corrected chi connectivity index (χ1v) is 6.48. The molecule has 1 unspecified atom stereocenters. The Hall–Kier alpha value is -1.59. The molecule has 0 heterocycles. The Morgan fingerprint density at radius 2 is 1.95 bits per heavy atom. The summed E-state index contributed by atoms with van der Waals surface area (Å²) in [6.45, 7) is 4.59. The van der Waals surface area contributed by atoms with E-state index in [-0.39, 0.29) is 30.1 Å². The lowest BCUT2D eigenvalue weighted by atomic mass is 10.1. The molecule has 6 heteroatoms. The van der Waals surface area contributed by atoms with Crippen LogP contribution in [0.2, 0.25) is 0 Å². The third-order valence-corrected chi connectivity index (χ3v) is 2.92. The molecule has 0 bridgehead atoms. The smallest absolute Gasteiger partial charge is 0.253 e. The van der Waals surface area contributed by atoms with Crippen LogP contribution in [-0.4, -0.2) is 24.9 Å². The second kappa shape index (κ2) is 9.34. The molecule has 0 spiro atoms. The summed E-state index contributed by atoms with van der Waals surface area (Å²) in [5, 5.41) is 5.48. The van der Waals surface area contributed by atoms with E-state index in [4.69, 9.17) is 5.73 Å². The number of rotatable bonds is 6. The van der Waals surface area contributed by atoms with Gasteiger partial charge in [0.2, 0.25) is 5.91 Å². The molecular weight excluding hydrogens is 278 g/mol. The third kappa shape index (κ3) is 5.19. The van der Waals surface area contributed by atoms with Gasteiger partial charge in [-0.05, 0) is 18.6 Å². The molecule has 0 fully saturated rings. The van der Waals surface area contributed by atoms with Crippen molar-refractivity contribution in [1.82, 2.24) is 5.32 Å². The van der Waals surface area contributed by atoms with Crippen LogP contribution in [0.4, 0.5) is 5.69 Å². The first kappa shape index (κ1) is 18.4. The summed E-state index contributed by atoms with van der Waals surface area (Å²) in [5.41, 5.74) is 6.33. The quantitative estimate of drug-likeness (QED) is 0.748. The minimum atomic E-state index is -0.231. The molecule has 5 nitrogen and oxygen atoms in total. The van der Waals surface area contributed by atoms with Crippen molar-refractivity contribution in [2.45, 2.75) is 20.3 Å². The van der Waals surface area contributed by atoms with E-state index in [1.165, 1.54) is 0 Å². The van der Waals surface area contributed by atoms with Crippen LogP contribution < -0.4 is 16.4 Å². The van der Waals surface area contributed by atoms with Crippen molar-refractivity contribution >= 4 is 29.9 Å². The molecule has 2 amide bonds. The molecule has 0 saturated carbocycles. The standard InChI is InChI=1S/C14H21N3O2.ClH/c1-3-10(2)13(18)17-12-7-5-4-6-11(12)14(19)16-9-8-15;/h4-7,10H,3,8-9,15H2,1-2H3,(H,16,19)(H,17,18);1H. The van der Waals surface area contributed by atoms with Gasteiger partial charge >= 0.3 is 0 Å². The number of halogens is 1. The van der Waals surface area contributed by atoms with Crippen molar-refractivity contribution in [2.75, 3.05) is 18.4 Å². The molecule has 1 aromatic rings. The fraction of sp³-hybridized carbons (Fsp3) is 0.429. The minimum Gasteiger partial charge on any atom is -0.351 e. The van der Waals surface area contributed by atoms with Crippen molar-refractivity contribution < 1.29 is 9.59 Å². The highest BCUT2D eigenvalue weighted by molar-refractivity contribution is 6.04. The number of benzene rings is 1. The van der Waals surface area contributed by atoms with Gasteiger partial charge in [0.25, 0.3) is 5.91 Å². The fourth-order valence-corrected chi connectivity index (χ4v) is 1.51. The Balaban J connectivity index is 0.00000361. The average Bonchev–Trinajstić information content (AvgIpc) is 2.44. The maximum atomic E-state index is 11.9. The monoisotopic (exact) mass is 299 g/mol. The van der Waals surface area contributed by atoms with E-state index in [9.17, 15) is 9.59 Å².